The van der Waals surface area contributed by atoms with Gasteiger partial charge in [-0.3, -0.25) is 0 Å². The lowest BCUT2D eigenvalue weighted by Gasteiger charge is -2.48. The molecule has 2 aliphatic heterocycles. The SMILES string of the molecule is Cc1cc(-c2ccccc2)ccc1N1c2cc(N(c3ccccc3)c3ccccc3)ccc2B2c3cc4c(cc3N(c3cc5c(cc3C)C(C)(C)CC5(C)C)c3cc(C(C)(C)C)cc1c32)C(C)(C)CCC4(C)C. The summed E-state index contributed by atoms with van der Waals surface area (Å²) in [4.78, 5) is 7.81. The van der Waals surface area contributed by atoms with Crippen LogP contribution < -0.4 is 31.1 Å². The average Bonchev–Trinajstić information content (AvgIpc) is 3.54. The monoisotopic (exact) mass is 954 g/mol. The molecule has 73 heavy (non-hydrogen) atoms. The molecular formula is C69H72BN3. The fourth-order valence-electron chi connectivity index (χ4n) is 13.8. The van der Waals surface area contributed by atoms with Crippen LogP contribution in [0.5, 0.6) is 0 Å². The molecule has 366 valence electrons. The first-order chi connectivity index (χ1) is 34.6. The molecule has 0 atom stereocenters. The Morgan fingerprint density at radius 2 is 0.904 bits per heavy atom. The molecule has 0 amide bonds. The summed E-state index contributed by atoms with van der Waals surface area (Å²) < 4.78 is 0. The third kappa shape index (κ3) is 7.52. The van der Waals surface area contributed by atoms with Crippen molar-refractivity contribution >= 4 is 74.3 Å². The molecule has 0 bridgehead atoms. The minimum atomic E-state index is -0.148. The van der Waals surface area contributed by atoms with E-state index in [9.17, 15) is 0 Å². The maximum absolute atomic E-state index is 2.74. The van der Waals surface area contributed by atoms with E-state index < -0.39 is 0 Å². The number of fused-ring (bicyclic) bond motifs is 6. The van der Waals surface area contributed by atoms with E-state index >= 15 is 0 Å². The Morgan fingerprint density at radius 1 is 0.411 bits per heavy atom. The molecule has 4 aliphatic rings. The maximum Gasteiger partial charge on any atom is 0.252 e. The highest BCUT2D eigenvalue weighted by Gasteiger charge is 2.49. The van der Waals surface area contributed by atoms with Crippen molar-refractivity contribution < 1.29 is 0 Å². The molecule has 2 aliphatic carbocycles. The number of rotatable bonds is 6. The molecule has 0 aromatic heterocycles. The highest BCUT2D eigenvalue weighted by Crippen LogP contribution is 2.55. The first kappa shape index (κ1) is 47.2. The quantitative estimate of drug-likeness (QED) is 0.154. The zero-order valence-electron chi connectivity index (χ0n) is 45.6. The second-order valence-electron chi connectivity index (χ2n) is 25.8. The van der Waals surface area contributed by atoms with Crippen molar-refractivity contribution in [2.75, 3.05) is 14.7 Å². The largest absolute Gasteiger partial charge is 0.311 e. The van der Waals surface area contributed by atoms with Crippen LogP contribution in [0.25, 0.3) is 11.1 Å². The number of hydrogen-bond donors (Lipinski definition) is 0. The second kappa shape index (κ2) is 16.4. The normalized spacial score (nSPS) is 17.3. The van der Waals surface area contributed by atoms with Gasteiger partial charge in [0.2, 0.25) is 0 Å². The van der Waals surface area contributed by atoms with Crippen LogP contribution >= 0.6 is 0 Å². The Hall–Kier alpha value is -6.78. The van der Waals surface area contributed by atoms with E-state index in [0.29, 0.717) is 0 Å². The van der Waals surface area contributed by atoms with Crippen LogP contribution in [0, 0.1) is 13.8 Å². The molecule has 0 saturated heterocycles. The van der Waals surface area contributed by atoms with Gasteiger partial charge in [0.25, 0.3) is 6.71 Å². The van der Waals surface area contributed by atoms with Gasteiger partial charge < -0.3 is 14.7 Å². The summed E-state index contributed by atoms with van der Waals surface area (Å²) in [5, 5.41) is 0. The number of hydrogen-bond acceptors (Lipinski definition) is 3. The van der Waals surface area contributed by atoms with Gasteiger partial charge in [-0.1, -0.05) is 167 Å². The number of benzene rings is 8. The zero-order valence-corrected chi connectivity index (χ0v) is 45.6. The topological polar surface area (TPSA) is 9.72 Å². The lowest BCUT2D eigenvalue weighted by molar-refractivity contribution is 0.332. The van der Waals surface area contributed by atoms with Crippen LogP contribution in [0.15, 0.2) is 164 Å². The Kier molecular flexibility index (Phi) is 10.6. The van der Waals surface area contributed by atoms with Crippen LogP contribution in [0.4, 0.5) is 51.2 Å². The minimum Gasteiger partial charge on any atom is -0.311 e. The van der Waals surface area contributed by atoms with Crippen LogP contribution in [-0.2, 0) is 27.1 Å². The van der Waals surface area contributed by atoms with Crippen LogP contribution in [0.2, 0.25) is 0 Å². The molecule has 0 fully saturated rings. The highest BCUT2D eigenvalue weighted by atomic mass is 15.2. The van der Waals surface area contributed by atoms with E-state index in [1.54, 1.807) is 0 Å². The van der Waals surface area contributed by atoms with Gasteiger partial charge in [0.1, 0.15) is 0 Å². The molecule has 3 nitrogen and oxygen atoms in total. The van der Waals surface area contributed by atoms with Crippen LogP contribution in [0.3, 0.4) is 0 Å². The summed E-state index contributed by atoms with van der Waals surface area (Å²) >= 11 is 0. The molecule has 0 saturated carbocycles. The summed E-state index contributed by atoms with van der Waals surface area (Å²) in [5.74, 6) is 0. The number of anilines is 9. The van der Waals surface area contributed by atoms with Crippen molar-refractivity contribution in [3.63, 3.8) is 0 Å². The van der Waals surface area contributed by atoms with Gasteiger partial charge >= 0.3 is 0 Å². The van der Waals surface area contributed by atoms with Crippen molar-refractivity contribution in [1.82, 2.24) is 0 Å². The fourth-order valence-corrected chi connectivity index (χ4v) is 13.8. The van der Waals surface area contributed by atoms with E-state index in [0.717, 1.165) is 36.3 Å². The summed E-state index contributed by atoms with van der Waals surface area (Å²) in [5.41, 5.74) is 27.4. The highest BCUT2D eigenvalue weighted by molar-refractivity contribution is 7.00. The van der Waals surface area contributed by atoms with Gasteiger partial charge in [0.05, 0.1) is 0 Å². The predicted octanol–water partition coefficient (Wildman–Crippen LogP) is 17.1. The van der Waals surface area contributed by atoms with Crippen molar-refractivity contribution in [1.29, 1.82) is 0 Å². The van der Waals surface area contributed by atoms with E-state index in [-0.39, 0.29) is 33.8 Å². The molecule has 0 unspecified atom stereocenters. The van der Waals surface area contributed by atoms with Gasteiger partial charge in [-0.25, -0.2) is 0 Å². The third-order valence-electron chi connectivity index (χ3n) is 17.6. The fraction of sp³-hybridized carbons (Fsp3) is 0.304. The average molecular weight is 954 g/mol. The molecule has 0 N–H and O–H groups in total. The standard InChI is InChI=1S/C69H72BN3/c1-44-35-47(46-23-17-14-18-24-46)29-32-58(44)72-60-39-51(71(49-25-19-15-20-26-49)50-27-21-16-22-28-50)30-31-56(60)70-57-40-53-54(67(8,9)34-33-66(53,6)7)42-61(57)73(63-38-48(65(3,4)5)37-62(72)64(63)70)59-41-55-52(36-45(59)2)68(10,11)43-69(55,12)13/h14-32,35-42H,33-34,43H2,1-13H3. The Balaban J connectivity index is 1.21. The Morgan fingerprint density at radius 3 is 1.48 bits per heavy atom. The van der Waals surface area contributed by atoms with Gasteiger partial charge in [-0.2, -0.15) is 0 Å². The molecule has 4 heteroatoms. The van der Waals surface area contributed by atoms with Gasteiger partial charge in [-0.05, 0) is 199 Å². The molecular weight excluding hydrogens is 882 g/mol. The molecule has 0 radical (unpaired) electrons. The minimum absolute atomic E-state index is 0.0207. The molecule has 8 aromatic rings. The molecule has 0 spiro atoms. The third-order valence-corrected chi connectivity index (χ3v) is 17.6. The molecule has 12 rings (SSSR count). The van der Waals surface area contributed by atoms with Gasteiger partial charge in [0.15, 0.2) is 0 Å². The van der Waals surface area contributed by atoms with E-state index in [4.69, 9.17) is 0 Å². The summed E-state index contributed by atoms with van der Waals surface area (Å²) in [6.45, 7) is 31.6. The molecule has 8 aromatic carbocycles. The second-order valence-corrected chi connectivity index (χ2v) is 25.8. The van der Waals surface area contributed by atoms with Crippen molar-refractivity contribution in [2.45, 2.75) is 136 Å². The summed E-state index contributed by atoms with van der Waals surface area (Å²) in [6, 6.07) is 62.8. The van der Waals surface area contributed by atoms with Crippen molar-refractivity contribution in [3.05, 3.63) is 203 Å². The van der Waals surface area contributed by atoms with E-state index in [2.05, 4.69) is 269 Å². The smallest absolute Gasteiger partial charge is 0.252 e. The van der Waals surface area contributed by atoms with Crippen LogP contribution in [0.1, 0.15) is 134 Å². The predicted molar refractivity (Wildman–Crippen MR) is 315 cm³/mol. The van der Waals surface area contributed by atoms with Crippen molar-refractivity contribution in [3.8, 4) is 11.1 Å². The zero-order chi connectivity index (χ0) is 51.1. The lowest BCUT2D eigenvalue weighted by atomic mass is 9.33. The number of nitrogens with zero attached hydrogens (tertiary/aromatic N) is 3. The van der Waals surface area contributed by atoms with Gasteiger partial charge in [0, 0.05) is 51.2 Å². The Labute approximate surface area is 437 Å². The summed E-state index contributed by atoms with van der Waals surface area (Å²) in [6.07, 6.45) is 3.45. The van der Waals surface area contributed by atoms with Crippen LogP contribution in [-0.4, -0.2) is 6.71 Å². The Bertz CT molecular complexity index is 3460. The molecule has 2 heterocycles. The van der Waals surface area contributed by atoms with Crippen molar-refractivity contribution in [2.24, 2.45) is 0 Å². The van der Waals surface area contributed by atoms with E-state index in [1.807, 2.05) is 0 Å². The number of aryl methyl sites for hydroxylation is 2. The summed E-state index contributed by atoms with van der Waals surface area (Å²) in [7, 11) is 0. The van der Waals surface area contributed by atoms with Gasteiger partial charge in [-0.15, -0.1) is 0 Å². The maximum atomic E-state index is 2.74. The first-order valence-corrected chi connectivity index (χ1v) is 27.0. The van der Waals surface area contributed by atoms with E-state index in [1.165, 1.54) is 101 Å². The first-order valence-electron chi connectivity index (χ1n) is 27.0. The lowest BCUT2D eigenvalue weighted by Crippen LogP contribution is -2.62. The number of para-hydroxylation sites is 2.